The SMILES string of the molecule is Cc1cc(NCC2CCOC2c2ccccc2)n2ncnc2n1. The second kappa shape index (κ2) is 5.96. The van der Waals surface area contributed by atoms with E-state index < -0.39 is 0 Å². The molecule has 23 heavy (non-hydrogen) atoms. The van der Waals surface area contributed by atoms with Crippen LogP contribution in [0.3, 0.4) is 0 Å². The number of aromatic nitrogens is 4. The summed E-state index contributed by atoms with van der Waals surface area (Å²) in [6, 6.07) is 12.4. The summed E-state index contributed by atoms with van der Waals surface area (Å²) in [7, 11) is 0. The maximum Gasteiger partial charge on any atom is 0.254 e. The van der Waals surface area contributed by atoms with E-state index in [1.165, 1.54) is 11.9 Å². The molecule has 1 aliphatic rings. The van der Waals surface area contributed by atoms with Gasteiger partial charge in [-0.3, -0.25) is 0 Å². The summed E-state index contributed by atoms with van der Waals surface area (Å²) < 4.78 is 7.69. The first-order valence-electron chi connectivity index (χ1n) is 7.89. The number of benzene rings is 1. The van der Waals surface area contributed by atoms with Crippen LogP contribution in [0.5, 0.6) is 0 Å². The normalized spacial score (nSPS) is 20.9. The predicted octanol–water partition coefficient (Wildman–Crippen LogP) is 2.62. The van der Waals surface area contributed by atoms with Crippen LogP contribution in [0.25, 0.3) is 5.78 Å². The highest BCUT2D eigenvalue weighted by molar-refractivity contribution is 5.44. The highest BCUT2D eigenvalue weighted by atomic mass is 16.5. The summed E-state index contributed by atoms with van der Waals surface area (Å²) in [5, 5.41) is 7.73. The van der Waals surface area contributed by atoms with Gasteiger partial charge in [-0.2, -0.15) is 14.6 Å². The number of hydrogen-bond donors (Lipinski definition) is 1. The zero-order chi connectivity index (χ0) is 15.6. The molecule has 6 heteroatoms. The Bertz CT molecular complexity index is 801. The first kappa shape index (κ1) is 14.1. The Kier molecular flexibility index (Phi) is 3.67. The average molecular weight is 309 g/mol. The molecule has 1 aromatic carbocycles. The second-order valence-electron chi connectivity index (χ2n) is 5.89. The molecule has 0 radical (unpaired) electrons. The van der Waals surface area contributed by atoms with Gasteiger partial charge in [-0.25, -0.2) is 4.98 Å². The predicted molar refractivity (Wildman–Crippen MR) is 87.3 cm³/mol. The molecule has 3 heterocycles. The second-order valence-corrected chi connectivity index (χ2v) is 5.89. The van der Waals surface area contributed by atoms with Crippen molar-refractivity contribution in [1.82, 2.24) is 19.6 Å². The summed E-state index contributed by atoms with van der Waals surface area (Å²) in [6.45, 7) is 3.60. The summed E-state index contributed by atoms with van der Waals surface area (Å²) in [5.41, 5.74) is 2.17. The number of fused-ring (bicyclic) bond motifs is 1. The van der Waals surface area contributed by atoms with Gasteiger partial charge in [0.2, 0.25) is 0 Å². The first-order valence-corrected chi connectivity index (χ1v) is 7.89. The molecule has 1 N–H and O–H groups in total. The third-order valence-electron chi connectivity index (χ3n) is 4.27. The molecule has 4 rings (SSSR count). The average Bonchev–Trinajstić information content (AvgIpc) is 3.22. The maximum absolute atomic E-state index is 5.95. The maximum atomic E-state index is 5.95. The highest BCUT2D eigenvalue weighted by Crippen LogP contribution is 2.34. The fraction of sp³-hybridized carbons (Fsp3) is 0.353. The molecular formula is C17H19N5O. The lowest BCUT2D eigenvalue weighted by Crippen LogP contribution is -2.19. The van der Waals surface area contributed by atoms with Crippen LogP contribution in [-0.2, 0) is 4.74 Å². The zero-order valence-electron chi connectivity index (χ0n) is 13.0. The van der Waals surface area contributed by atoms with E-state index in [4.69, 9.17) is 4.74 Å². The van der Waals surface area contributed by atoms with Crippen LogP contribution < -0.4 is 5.32 Å². The van der Waals surface area contributed by atoms with Gasteiger partial charge in [-0.05, 0) is 18.9 Å². The van der Waals surface area contributed by atoms with Gasteiger partial charge in [0.15, 0.2) is 0 Å². The van der Waals surface area contributed by atoms with E-state index in [1.807, 2.05) is 19.1 Å². The molecule has 2 aromatic heterocycles. The molecule has 1 fully saturated rings. The third-order valence-corrected chi connectivity index (χ3v) is 4.27. The summed E-state index contributed by atoms with van der Waals surface area (Å²) in [5.74, 6) is 1.97. The minimum atomic E-state index is 0.151. The molecule has 118 valence electrons. The number of anilines is 1. The quantitative estimate of drug-likeness (QED) is 0.802. The van der Waals surface area contributed by atoms with Crippen molar-refractivity contribution in [3.8, 4) is 0 Å². The molecular weight excluding hydrogens is 290 g/mol. The molecule has 0 bridgehead atoms. The van der Waals surface area contributed by atoms with Gasteiger partial charge in [-0.1, -0.05) is 30.3 Å². The standard InChI is InChI=1S/C17H19N5O/c1-12-9-15(22-17(21-12)19-11-20-22)18-10-14-7-8-23-16(14)13-5-3-2-4-6-13/h2-6,9,11,14,16,18H,7-8,10H2,1H3. The summed E-state index contributed by atoms with van der Waals surface area (Å²) in [6.07, 6.45) is 2.73. The van der Waals surface area contributed by atoms with E-state index in [0.29, 0.717) is 11.7 Å². The molecule has 6 nitrogen and oxygen atoms in total. The lowest BCUT2D eigenvalue weighted by Gasteiger charge is -2.20. The molecule has 2 unspecified atom stereocenters. The van der Waals surface area contributed by atoms with Gasteiger partial charge in [0, 0.05) is 30.8 Å². The molecule has 0 spiro atoms. The zero-order valence-corrected chi connectivity index (χ0v) is 13.0. The Morgan fingerprint density at radius 2 is 2.17 bits per heavy atom. The van der Waals surface area contributed by atoms with Gasteiger partial charge in [0.1, 0.15) is 12.1 Å². The van der Waals surface area contributed by atoms with Crippen molar-refractivity contribution in [2.24, 2.45) is 5.92 Å². The van der Waals surface area contributed by atoms with E-state index in [9.17, 15) is 0 Å². The number of aryl methyl sites for hydroxylation is 1. The van der Waals surface area contributed by atoms with Gasteiger partial charge in [-0.15, -0.1) is 0 Å². The van der Waals surface area contributed by atoms with Crippen molar-refractivity contribution in [1.29, 1.82) is 0 Å². The highest BCUT2D eigenvalue weighted by Gasteiger charge is 2.29. The van der Waals surface area contributed by atoms with E-state index in [0.717, 1.165) is 31.1 Å². The largest absolute Gasteiger partial charge is 0.373 e. The molecule has 0 amide bonds. The van der Waals surface area contributed by atoms with Gasteiger partial charge in [0.05, 0.1) is 6.10 Å². The Labute approximate surface area is 134 Å². The molecule has 0 saturated carbocycles. The monoisotopic (exact) mass is 309 g/mol. The van der Waals surface area contributed by atoms with Crippen LogP contribution in [0.15, 0.2) is 42.7 Å². The molecule has 0 aliphatic carbocycles. The lowest BCUT2D eigenvalue weighted by molar-refractivity contribution is 0.0933. The number of nitrogens with zero attached hydrogens (tertiary/aromatic N) is 4. The lowest BCUT2D eigenvalue weighted by atomic mass is 9.95. The smallest absolute Gasteiger partial charge is 0.254 e. The minimum Gasteiger partial charge on any atom is -0.373 e. The number of rotatable bonds is 4. The number of nitrogens with one attached hydrogen (secondary N) is 1. The summed E-state index contributed by atoms with van der Waals surface area (Å²) >= 11 is 0. The van der Waals surface area contributed by atoms with Crippen molar-refractivity contribution in [3.05, 3.63) is 54.0 Å². The Balaban J connectivity index is 1.52. The molecule has 3 aromatic rings. The van der Waals surface area contributed by atoms with Crippen LogP contribution in [0.1, 0.15) is 23.8 Å². The molecule has 2 atom stereocenters. The van der Waals surface area contributed by atoms with Gasteiger partial charge in [0.25, 0.3) is 5.78 Å². The topological polar surface area (TPSA) is 64.3 Å². The molecule has 1 saturated heterocycles. The van der Waals surface area contributed by atoms with Crippen LogP contribution >= 0.6 is 0 Å². The van der Waals surface area contributed by atoms with E-state index in [-0.39, 0.29) is 6.10 Å². The number of hydrogen-bond acceptors (Lipinski definition) is 5. The van der Waals surface area contributed by atoms with Crippen molar-refractivity contribution >= 4 is 11.6 Å². The fourth-order valence-corrected chi connectivity index (χ4v) is 3.15. The first-order chi connectivity index (χ1) is 11.3. The van der Waals surface area contributed by atoms with Crippen molar-refractivity contribution in [3.63, 3.8) is 0 Å². The fourth-order valence-electron chi connectivity index (χ4n) is 3.15. The Morgan fingerprint density at radius 3 is 3.04 bits per heavy atom. The van der Waals surface area contributed by atoms with Crippen LogP contribution in [0, 0.1) is 12.8 Å². The van der Waals surface area contributed by atoms with Crippen LogP contribution in [-0.4, -0.2) is 32.7 Å². The van der Waals surface area contributed by atoms with E-state index in [2.05, 4.69) is 44.6 Å². The van der Waals surface area contributed by atoms with Crippen molar-refractivity contribution in [2.45, 2.75) is 19.4 Å². The number of ether oxygens (including phenoxy) is 1. The Hall–Kier alpha value is -2.47. The summed E-state index contributed by atoms with van der Waals surface area (Å²) in [4.78, 5) is 8.52. The Morgan fingerprint density at radius 1 is 1.30 bits per heavy atom. The van der Waals surface area contributed by atoms with Crippen molar-refractivity contribution < 1.29 is 4.74 Å². The third kappa shape index (κ3) is 2.77. The van der Waals surface area contributed by atoms with Gasteiger partial charge < -0.3 is 10.1 Å². The van der Waals surface area contributed by atoms with Crippen LogP contribution in [0.2, 0.25) is 0 Å². The minimum absolute atomic E-state index is 0.151. The van der Waals surface area contributed by atoms with E-state index >= 15 is 0 Å². The molecule has 1 aliphatic heterocycles. The van der Waals surface area contributed by atoms with E-state index in [1.54, 1.807) is 4.52 Å². The van der Waals surface area contributed by atoms with Gasteiger partial charge >= 0.3 is 0 Å². The van der Waals surface area contributed by atoms with Crippen LogP contribution in [0.4, 0.5) is 5.82 Å². The van der Waals surface area contributed by atoms with Crippen molar-refractivity contribution in [2.75, 3.05) is 18.5 Å².